The van der Waals surface area contributed by atoms with Crippen LogP contribution in [0, 0.1) is 5.92 Å². The van der Waals surface area contributed by atoms with Gasteiger partial charge in [-0.25, -0.2) is 0 Å². The number of likely N-dealkylation sites (N-methyl/N-ethyl adjacent to an activating group) is 1. The molecular weight excluding hydrogens is 238 g/mol. The molecule has 0 radical (unpaired) electrons. The third-order valence-electron chi connectivity index (χ3n) is 3.51. The monoisotopic (exact) mass is 257 g/mol. The van der Waals surface area contributed by atoms with Crippen molar-refractivity contribution >= 4 is 11.6 Å². The first-order chi connectivity index (χ1) is 8.19. The summed E-state index contributed by atoms with van der Waals surface area (Å²) in [6.07, 6.45) is 3.00. The largest absolute Gasteiger partial charge is 0.376 e. The minimum absolute atomic E-state index is 0.113. The molecule has 0 spiro atoms. The maximum Gasteiger partial charge on any atom is 0.0835 e. The van der Waals surface area contributed by atoms with Crippen molar-refractivity contribution in [1.82, 2.24) is 15.1 Å². The SMILES string of the molecule is CCn1ncc(Cl)c1C(NC)C1OCCC1C. The zero-order valence-corrected chi connectivity index (χ0v) is 11.4. The van der Waals surface area contributed by atoms with Gasteiger partial charge in [-0.1, -0.05) is 18.5 Å². The molecule has 1 N–H and O–H groups in total. The lowest BCUT2D eigenvalue weighted by Crippen LogP contribution is -2.34. The van der Waals surface area contributed by atoms with E-state index in [1.807, 2.05) is 11.7 Å². The molecule has 0 amide bonds. The van der Waals surface area contributed by atoms with Gasteiger partial charge in [-0.05, 0) is 26.3 Å². The van der Waals surface area contributed by atoms with Crippen LogP contribution < -0.4 is 5.32 Å². The number of nitrogens with one attached hydrogen (secondary N) is 1. The molecule has 2 rings (SSSR count). The number of rotatable bonds is 4. The van der Waals surface area contributed by atoms with Crippen molar-refractivity contribution in [1.29, 1.82) is 0 Å². The second kappa shape index (κ2) is 5.38. The first kappa shape index (κ1) is 12.9. The van der Waals surface area contributed by atoms with Crippen LogP contribution in [0.15, 0.2) is 6.20 Å². The van der Waals surface area contributed by atoms with Crippen LogP contribution in [0.1, 0.15) is 32.0 Å². The predicted octanol–water partition coefficient (Wildman–Crippen LogP) is 2.24. The maximum absolute atomic E-state index is 6.24. The predicted molar refractivity (Wildman–Crippen MR) is 68.2 cm³/mol. The van der Waals surface area contributed by atoms with Gasteiger partial charge < -0.3 is 10.1 Å². The van der Waals surface area contributed by atoms with Gasteiger partial charge in [0, 0.05) is 13.2 Å². The van der Waals surface area contributed by atoms with Gasteiger partial charge in [0.15, 0.2) is 0 Å². The molecule has 5 heteroatoms. The van der Waals surface area contributed by atoms with Crippen LogP contribution in [-0.4, -0.2) is 29.5 Å². The highest BCUT2D eigenvalue weighted by Crippen LogP contribution is 2.34. The minimum atomic E-state index is 0.113. The van der Waals surface area contributed by atoms with Crippen LogP contribution >= 0.6 is 11.6 Å². The Hall–Kier alpha value is -0.580. The molecule has 0 aromatic carbocycles. The zero-order chi connectivity index (χ0) is 12.4. The normalized spacial score (nSPS) is 26.4. The molecule has 1 aromatic rings. The molecule has 1 aromatic heterocycles. The maximum atomic E-state index is 6.24. The molecule has 0 saturated carbocycles. The topological polar surface area (TPSA) is 39.1 Å². The van der Waals surface area contributed by atoms with E-state index in [1.54, 1.807) is 6.20 Å². The van der Waals surface area contributed by atoms with Crippen LogP contribution in [-0.2, 0) is 11.3 Å². The van der Waals surface area contributed by atoms with E-state index < -0.39 is 0 Å². The van der Waals surface area contributed by atoms with Gasteiger partial charge in [-0.2, -0.15) is 5.10 Å². The van der Waals surface area contributed by atoms with Crippen molar-refractivity contribution < 1.29 is 4.74 Å². The van der Waals surface area contributed by atoms with Crippen molar-refractivity contribution in [3.05, 3.63) is 16.9 Å². The molecular formula is C12H20ClN3O. The van der Waals surface area contributed by atoms with Crippen LogP contribution in [0.5, 0.6) is 0 Å². The Morgan fingerprint density at radius 1 is 1.71 bits per heavy atom. The molecule has 1 aliphatic rings. The summed E-state index contributed by atoms with van der Waals surface area (Å²) in [5.74, 6) is 0.545. The minimum Gasteiger partial charge on any atom is -0.376 e. The summed E-state index contributed by atoms with van der Waals surface area (Å²) in [6.45, 7) is 5.95. The number of aromatic nitrogens is 2. The molecule has 0 bridgehead atoms. The van der Waals surface area contributed by atoms with E-state index >= 15 is 0 Å². The van der Waals surface area contributed by atoms with Gasteiger partial charge in [0.05, 0.1) is 29.1 Å². The van der Waals surface area contributed by atoms with Crippen LogP contribution in [0.4, 0.5) is 0 Å². The molecule has 96 valence electrons. The number of halogens is 1. The Morgan fingerprint density at radius 3 is 3.00 bits per heavy atom. The van der Waals surface area contributed by atoms with Gasteiger partial charge >= 0.3 is 0 Å². The van der Waals surface area contributed by atoms with Crippen molar-refractivity contribution in [2.45, 2.75) is 39.0 Å². The van der Waals surface area contributed by atoms with Crippen molar-refractivity contribution in [2.75, 3.05) is 13.7 Å². The molecule has 0 aliphatic carbocycles. The standard InChI is InChI=1S/C12H20ClN3O/c1-4-16-11(9(13)7-15-16)10(14-3)12-8(2)5-6-17-12/h7-8,10,12,14H,4-6H2,1-3H3. The van der Waals surface area contributed by atoms with E-state index in [0.29, 0.717) is 10.9 Å². The van der Waals surface area contributed by atoms with E-state index in [0.717, 1.165) is 25.3 Å². The van der Waals surface area contributed by atoms with Crippen molar-refractivity contribution in [3.63, 3.8) is 0 Å². The lowest BCUT2D eigenvalue weighted by Gasteiger charge is -2.26. The van der Waals surface area contributed by atoms with Gasteiger partial charge in [0.2, 0.25) is 0 Å². The van der Waals surface area contributed by atoms with Gasteiger partial charge in [-0.15, -0.1) is 0 Å². The second-order valence-corrected chi connectivity index (χ2v) is 4.97. The highest BCUT2D eigenvalue weighted by Gasteiger charge is 2.35. The van der Waals surface area contributed by atoms with Gasteiger partial charge in [0.1, 0.15) is 0 Å². The fourth-order valence-electron chi connectivity index (χ4n) is 2.53. The summed E-state index contributed by atoms with van der Waals surface area (Å²) in [6, 6.07) is 0.113. The van der Waals surface area contributed by atoms with Crippen LogP contribution in [0.3, 0.4) is 0 Å². The highest BCUT2D eigenvalue weighted by atomic mass is 35.5. The zero-order valence-electron chi connectivity index (χ0n) is 10.6. The number of hydrogen-bond acceptors (Lipinski definition) is 3. The smallest absolute Gasteiger partial charge is 0.0835 e. The average Bonchev–Trinajstić information content (AvgIpc) is 2.89. The van der Waals surface area contributed by atoms with E-state index in [-0.39, 0.29) is 12.1 Å². The third kappa shape index (κ3) is 2.34. The van der Waals surface area contributed by atoms with Crippen LogP contribution in [0.25, 0.3) is 0 Å². The summed E-state index contributed by atoms with van der Waals surface area (Å²) in [5, 5.41) is 8.33. The van der Waals surface area contributed by atoms with E-state index in [2.05, 4.69) is 24.3 Å². The Kier molecular flexibility index (Phi) is 4.07. The summed E-state index contributed by atoms with van der Waals surface area (Å²) in [4.78, 5) is 0. The Balaban J connectivity index is 2.31. The first-order valence-electron chi connectivity index (χ1n) is 6.19. The molecule has 3 atom stereocenters. The molecule has 17 heavy (non-hydrogen) atoms. The summed E-state index contributed by atoms with van der Waals surface area (Å²) < 4.78 is 7.78. The number of nitrogens with zero attached hydrogens (tertiary/aromatic N) is 2. The first-order valence-corrected chi connectivity index (χ1v) is 6.56. The number of ether oxygens (including phenoxy) is 1. The fraction of sp³-hybridized carbons (Fsp3) is 0.750. The van der Waals surface area contributed by atoms with E-state index in [9.17, 15) is 0 Å². The molecule has 1 aliphatic heterocycles. The quantitative estimate of drug-likeness (QED) is 0.899. The number of aryl methyl sites for hydroxylation is 1. The van der Waals surface area contributed by atoms with Gasteiger partial charge in [0.25, 0.3) is 0 Å². The lowest BCUT2D eigenvalue weighted by atomic mass is 9.95. The Labute approximate surface area is 107 Å². The molecule has 1 saturated heterocycles. The van der Waals surface area contributed by atoms with Crippen LogP contribution in [0.2, 0.25) is 5.02 Å². The van der Waals surface area contributed by atoms with Crippen molar-refractivity contribution in [3.8, 4) is 0 Å². The Morgan fingerprint density at radius 2 is 2.47 bits per heavy atom. The lowest BCUT2D eigenvalue weighted by molar-refractivity contribution is 0.0604. The molecule has 1 fully saturated rings. The second-order valence-electron chi connectivity index (χ2n) is 4.56. The summed E-state index contributed by atoms with van der Waals surface area (Å²) in [7, 11) is 1.95. The summed E-state index contributed by atoms with van der Waals surface area (Å²) in [5.41, 5.74) is 1.04. The number of hydrogen-bond donors (Lipinski definition) is 1. The van der Waals surface area contributed by atoms with Gasteiger partial charge in [-0.3, -0.25) is 4.68 Å². The van der Waals surface area contributed by atoms with Crippen molar-refractivity contribution in [2.24, 2.45) is 5.92 Å². The average molecular weight is 258 g/mol. The summed E-state index contributed by atoms with van der Waals surface area (Å²) >= 11 is 6.24. The molecule has 4 nitrogen and oxygen atoms in total. The molecule has 3 unspecified atom stereocenters. The van der Waals surface area contributed by atoms with E-state index in [1.165, 1.54) is 0 Å². The molecule has 2 heterocycles. The van der Waals surface area contributed by atoms with E-state index in [4.69, 9.17) is 16.3 Å². The fourth-order valence-corrected chi connectivity index (χ4v) is 2.79. The third-order valence-corrected chi connectivity index (χ3v) is 3.80. The highest BCUT2D eigenvalue weighted by molar-refractivity contribution is 6.31. The Bertz CT molecular complexity index is 380.